The van der Waals surface area contributed by atoms with Crippen LogP contribution in [0.5, 0.6) is 0 Å². The van der Waals surface area contributed by atoms with E-state index in [1.807, 2.05) is 0 Å². The fraction of sp³-hybridized carbons (Fsp3) is 0.500. The molecule has 114 valence electrons. The number of carbonyl (C=O) groups excluding carboxylic acids is 1. The van der Waals surface area contributed by atoms with Crippen LogP contribution in [0.1, 0.15) is 31.5 Å². The summed E-state index contributed by atoms with van der Waals surface area (Å²) in [6.45, 7) is 2.14. The Morgan fingerprint density at radius 1 is 1.52 bits per heavy atom. The summed E-state index contributed by atoms with van der Waals surface area (Å²) >= 11 is 0. The zero-order valence-corrected chi connectivity index (χ0v) is 11.3. The van der Waals surface area contributed by atoms with Gasteiger partial charge in [0.05, 0.1) is 36.4 Å². The van der Waals surface area contributed by atoms with E-state index in [1.165, 1.54) is 10.9 Å². The molecular formula is C12H14F2N4O3. The summed E-state index contributed by atoms with van der Waals surface area (Å²) in [6, 6.07) is -0.379. The summed E-state index contributed by atoms with van der Waals surface area (Å²) in [5.74, 6) is 0. The van der Waals surface area contributed by atoms with Crippen LogP contribution in [0.15, 0.2) is 11.0 Å². The second-order valence-electron chi connectivity index (χ2n) is 4.47. The third-order valence-corrected chi connectivity index (χ3v) is 2.92. The van der Waals surface area contributed by atoms with Gasteiger partial charge in [-0.2, -0.15) is 10.2 Å². The van der Waals surface area contributed by atoms with Crippen molar-refractivity contribution in [3.05, 3.63) is 22.2 Å². The van der Waals surface area contributed by atoms with E-state index < -0.39 is 17.7 Å². The van der Waals surface area contributed by atoms with Crippen molar-refractivity contribution >= 4 is 17.2 Å². The average Bonchev–Trinajstić information content (AvgIpc) is 2.85. The molecule has 2 aromatic heterocycles. The number of hydrogen-bond acceptors (Lipinski definition) is 5. The third kappa shape index (κ3) is 3.13. The molecule has 0 saturated heterocycles. The predicted molar refractivity (Wildman–Crippen MR) is 69.3 cm³/mol. The highest BCUT2D eigenvalue weighted by molar-refractivity contribution is 5.80. The number of nitrogens with one attached hydrogen (secondary N) is 1. The van der Waals surface area contributed by atoms with Crippen molar-refractivity contribution in [2.45, 2.75) is 25.8 Å². The van der Waals surface area contributed by atoms with Crippen LogP contribution in [-0.2, 0) is 9.53 Å². The fourth-order valence-corrected chi connectivity index (χ4v) is 1.97. The molecule has 21 heavy (non-hydrogen) atoms. The van der Waals surface area contributed by atoms with Gasteiger partial charge in [0.15, 0.2) is 0 Å². The van der Waals surface area contributed by atoms with E-state index in [2.05, 4.69) is 15.3 Å². The first-order valence-corrected chi connectivity index (χ1v) is 6.31. The standard InChI is InChI=1S/C12H14F2N4O3/c1-7(6-21-4-2-3-19)18-8-5-15-16-12(20)9(8)10(17-18)11(13)14/h3,5,7,11H,2,4,6H2,1H3,(H,16,20). The van der Waals surface area contributed by atoms with E-state index in [1.54, 1.807) is 6.92 Å². The molecule has 1 atom stereocenters. The lowest BCUT2D eigenvalue weighted by molar-refractivity contribution is -0.108. The van der Waals surface area contributed by atoms with E-state index in [9.17, 15) is 18.4 Å². The van der Waals surface area contributed by atoms with Gasteiger partial charge in [-0.25, -0.2) is 13.9 Å². The summed E-state index contributed by atoms with van der Waals surface area (Å²) in [7, 11) is 0. The average molecular weight is 300 g/mol. The van der Waals surface area contributed by atoms with E-state index in [0.717, 1.165) is 6.29 Å². The largest absolute Gasteiger partial charge is 0.379 e. The minimum atomic E-state index is -2.86. The first-order valence-electron chi connectivity index (χ1n) is 6.31. The van der Waals surface area contributed by atoms with Crippen molar-refractivity contribution in [2.24, 2.45) is 0 Å². The second kappa shape index (κ2) is 6.53. The maximum Gasteiger partial charge on any atom is 0.282 e. The number of H-pyrrole nitrogens is 1. The molecule has 9 heteroatoms. The van der Waals surface area contributed by atoms with E-state index in [-0.39, 0.29) is 36.6 Å². The second-order valence-corrected chi connectivity index (χ2v) is 4.47. The van der Waals surface area contributed by atoms with Crippen molar-refractivity contribution in [3.8, 4) is 0 Å². The summed E-state index contributed by atoms with van der Waals surface area (Å²) in [5, 5.41) is 9.37. The number of carbonyl (C=O) groups is 1. The molecule has 0 fully saturated rings. The molecule has 0 amide bonds. The van der Waals surface area contributed by atoms with Gasteiger partial charge < -0.3 is 9.53 Å². The van der Waals surface area contributed by atoms with Crippen LogP contribution in [-0.4, -0.2) is 39.5 Å². The lowest BCUT2D eigenvalue weighted by atomic mass is 10.2. The molecule has 7 nitrogen and oxygen atoms in total. The summed E-state index contributed by atoms with van der Waals surface area (Å²) in [4.78, 5) is 21.8. The fourth-order valence-electron chi connectivity index (χ4n) is 1.97. The van der Waals surface area contributed by atoms with Gasteiger partial charge in [0, 0.05) is 6.42 Å². The van der Waals surface area contributed by atoms with Gasteiger partial charge in [-0.3, -0.25) is 9.48 Å². The number of aldehydes is 1. The minimum Gasteiger partial charge on any atom is -0.379 e. The highest BCUT2D eigenvalue weighted by Crippen LogP contribution is 2.26. The predicted octanol–water partition coefficient (Wildman–Crippen LogP) is 1.22. The monoisotopic (exact) mass is 300 g/mol. The number of ether oxygens (including phenoxy) is 1. The number of alkyl halides is 2. The molecule has 1 unspecified atom stereocenters. The zero-order chi connectivity index (χ0) is 15.4. The van der Waals surface area contributed by atoms with Gasteiger partial charge in [-0.15, -0.1) is 0 Å². The number of rotatable bonds is 7. The van der Waals surface area contributed by atoms with Crippen molar-refractivity contribution in [1.82, 2.24) is 20.0 Å². The molecule has 2 rings (SSSR count). The highest BCUT2D eigenvalue weighted by Gasteiger charge is 2.23. The van der Waals surface area contributed by atoms with Crippen LogP contribution in [0.4, 0.5) is 8.78 Å². The zero-order valence-electron chi connectivity index (χ0n) is 11.3. The molecule has 2 heterocycles. The smallest absolute Gasteiger partial charge is 0.282 e. The summed E-state index contributed by atoms with van der Waals surface area (Å²) < 4.78 is 32.5. The summed E-state index contributed by atoms with van der Waals surface area (Å²) in [6.07, 6.45) is -0.597. The van der Waals surface area contributed by atoms with Crippen LogP contribution in [0.3, 0.4) is 0 Å². The maximum absolute atomic E-state index is 13.0. The van der Waals surface area contributed by atoms with Crippen LogP contribution >= 0.6 is 0 Å². The van der Waals surface area contributed by atoms with Crippen molar-refractivity contribution in [1.29, 1.82) is 0 Å². The molecule has 1 N–H and O–H groups in total. The van der Waals surface area contributed by atoms with E-state index >= 15 is 0 Å². The Kier molecular flexibility index (Phi) is 4.73. The number of aromatic nitrogens is 4. The molecule has 0 bridgehead atoms. The Balaban J connectivity index is 2.33. The molecule has 0 radical (unpaired) electrons. The number of hydrogen-bond donors (Lipinski definition) is 1. The molecule has 0 spiro atoms. The van der Waals surface area contributed by atoms with Gasteiger partial charge in [-0.05, 0) is 6.92 Å². The van der Waals surface area contributed by atoms with Crippen LogP contribution in [0.2, 0.25) is 0 Å². The van der Waals surface area contributed by atoms with Gasteiger partial charge >= 0.3 is 0 Å². The Morgan fingerprint density at radius 2 is 2.29 bits per heavy atom. The molecule has 0 aliphatic heterocycles. The van der Waals surface area contributed by atoms with Crippen LogP contribution < -0.4 is 5.56 Å². The molecule has 0 saturated carbocycles. The Hall–Kier alpha value is -2.16. The van der Waals surface area contributed by atoms with Gasteiger partial charge in [0.1, 0.15) is 12.0 Å². The first kappa shape index (κ1) is 15.2. The maximum atomic E-state index is 13.0. The number of aromatic amines is 1. The first-order chi connectivity index (χ1) is 10.1. The van der Waals surface area contributed by atoms with E-state index in [0.29, 0.717) is 0 Å². The Labute approximate surface area is 117 Å². The van der Waals surface area contributed by atoms with Crippen LogP contribution in [0, 0.1) is 0 Å². The molecule has 2 aromatic rings. The molecule has 0 aliphatic carbocycles. The normalized spacial score (nSPS) is 13.0. The Bertz CT molecular complexity index is 683. The molecule has 0 aromatic carbocycles. The van der Waals surface area contributed by atoms with Crippen LogP contribution in [0.25, 0.3) is 10.9 Å². The van der Waals surface area contributed by atoms with E-state index in [4.69, 9.17) is 4.74 Å². The molecular weight excluding hydrogens is 286 g/mol. The van der Waals surface area contributed by atoms with Crippen molar-refractivity contribution in [2.75, 3.05) is 13.2 Å². The minimum absolute atomic E-state index is 0.167. The Morgan fingerprint density at radius 3 is 2.95 bits per heavy atom. The number of fused-ring (bicyclic) bond motifs is 1. The number of nitrogens with zero attached hydrogens (tertiary/aromatic N) is 3. The van der Waals surface area contributed by atoms with Gasteiger partial charge in [0.2, 0.25) is 0 Å². The third-order valence-electron chi connectivity index (χ3n) is 2.92. The lowest BCUT2D eigenvalue weighted by Crippen LogP contribution is -2.15. The van der Waals surface area contributed by atoms with Gasteiger partial charge in [0.25, 0.3) is 12.0 Å². The topological polar surface area (TPSA) is 89.9 Å². The highest BCUT2D eigenvalue weighted by atomic mass is 19.3. The van der Waals surface area contributed by atoms with Crippen molar-refractivity contribution < 1.29 is 18.3 Å². The molecule has 0 aliphatic rings. The SMILES string of the molecule is CC(COCCC=O)n1nc(C(F)F)c2c(=O)[nH]ncc21. The summed E-state index contributed by atoms with van der Waals surface area (Å²) in [5.41, 5.74) is -1.06. The van der Waals surface area contributed by atoms with Gasteiger partial charge in [-0.1, -0.05) is 0 Å². The number of halogens is 2. The quantitative estimate of drug-likeness (QED) is 0.613. The van der Waals surface area contributed by atoms with Crippen molar-refractivity contribution in [3.63, 3.8) is 0 Å². The lowest BCUT2D eigenvalue weighted by Gasteiger charge is -2.13.